The zero-order valence-corrected chi connectivity index (χ0v) is 12.6. The molecular weight excluding hydrogens is 304 g/mol. The lowest BCUT2D eigenvalue weighted by Crippen LogP contribution is -2.06. The Morgan fingerprint density at radius 1 is 0.875 bits per heavy atom. The monoisotopic (exact) mass is 316 g/mol. The Bertz CT molecular complexity index is 1060. The molecule has 24 heavy (non-hydrogen) atoms. The topological polar surface area (TPSA) is 56.5 Å². The molecule has 4 heteroatoms. The zero-order valence-electron chi connectivity index (χ0n) is 12.6. The number of rotatable bonds is 2. The van der Waals surface area contributed by atoms with E-state index in [9.17, 15) is 9.59 Å². The molecule has 1 aliphatic rings. The number of cyclic esters (lactones) is 1. The third-order valence-corrected chi connectivity index (χ3v) is 3.80. The summed E-state index contributed by atoms with van der Waals surface area (Å²) in [5.74, 6) is -0.0153. The van der Waals surface area contributed by atoms with Crippen molar-refractivity contribution < 1.29 is 13.9 Å². The molecule has 1 aliphatic heterocycles. The molecule has 0 saturated heterocycles. The summed E-state index contributed by atoms with van der Waals surface area (Å²) >= 11 is 0. The van der Waals surface area contributed by atoms with Crippen molar-refractivity contribution >= 4 is 28.8 Å². The largest absolute Gasteiger partial charge is 0.463 e. The average Bonchev–Trinajstić information content (AvgIpc) is 2.99. The fourth-order valence-electron chi connectivity index (χ4n) is 2.59. The summed E-state index contributed by atoms with van der Waals surface area (Å²) in [6.45, 7) is 0. The van der Waals surface area contributed by atoms with E-state index in [0.717, 1.165) is 5.56 Å². The molecule has 116 valence electrons. The van der Waals surface area contributed by atoms with Gasteiger partial charge in [-0.25, -0.2) is 4.79 Å². The highest BCUT2D eigenvalue weighted by Gasteiger charge is 2.22. The molecule has 0 atom stereocenters. The van der Waals surface area contributed by atoms with Gasteiger partial charge in [-0.05, 0) is 24.3 Å². The van der Waals surface area contributed by atoms with Gasteiger partial charge in [0.05, 0.1) is 16.5 Å². The molecule has 3 aromatic rings. The Morgan fingerprint density at radius 3 is 2.46 bits per heavy atom. The molecule has 4 rings (SSSR count). The van der Waals surface area contributed by atoms with Crippen LogP contribution in [-0.2, 0) is 9.53 Å². The summed E-state index contributed by atoms with van der Waals surface area (Å²) in [5, 5.41) is 0.477. The molecule has 1 aromatic heterocycles. The van der Waals surface area contributed by atoms with Crippen molar-refractivity contribution in [3.63, 3.8) is 0 Å². The molecule has 0 amide bonds. The number of hydrogen-bond donors (Lipinski definition) is 0. The highest BCUT2D eigenvalue weighted by atomic mass is 16.5. The molecule has 0 saturated carbocycles. The summed E-state index contributed by atoms with van der Waals surface area (Å²) in [6, 6.07) is 16.3. The Labute approximate surface area is 137 Å². The lowest BCUT2D eigenvalue weighted by molar-refractivity contribution is -0.130. The maximum Gasteiger partial charge on any atom is 0.343 e. The Hall–Kier alpha value is -3.40. The number of fused-ring (bicyclic) bond motifs is 1. The third-order valence-electron chi connectivity index (χ3n) is 3.80. The molecule has 2 aromatic carbocycles. The summed E-state index contributed by atoms with van der Waals surface area (Å²) in [4.78, 5) is 24.6. The van der Waals surface area contributed by atoms with Crippen LogP contribution >= 0.6 is 0 Å². The van der Waals surface area contributed by atoms with Gasteiger partial charge in [-0.3, -0.25) is 4.79 Å². The maximum absolute atomic E-state index is 12.5. The standard InChI is InChI=1S/C20H12O4/c21-19-15(12-23-17-9-5-4-8-16(17)19)10-14-11-18(24-20(14)22)13-6-2-1-3-7-13/h1-12H/b14-10+. The number of esters is 1. The van der Waals surface area contributed by atoms with Crippen LogP contribution in [0.25, 0.3) is 22.8 Å². The molecule has 0 unspecified atom stereocenters. The van der Waals surface area contributed by atoms with Crippen molar-refractivity contribution in [2.75, 3.05) is 0 Å². The second kappa shape index (κ2) is 5.66. The van der Waals surface area contributed by atoms with Crippen LogP contribution in [0.4, 0.5) is 0 Å². The lowest BCUT2D eigenvalue weighted by atomic mass is 10.1. The second-order valence-corrected chi connectivity index (χ2v) is 5.38. The molecule has 0 bridgehead atoms. The van der Waals surface area contributed by atoms with Crippen molar-refractivity contribution in [1.29, 1.82) is 0 Å². The quantitative estimate of drug-likeness (QED) is 0.533. The number of para-hydroxylation sites is 1. The minimum atomic E-state index is -0.485. The van der Waals surface area contributed by atoms with Crippen molar-refractivity contribution in [1.82, 2.24) is 0 Å². The van der Waals surface area contributed by atoms with Crippen LogP contribution in [0.1, 0.15) is 11.1 Å². The van der Waals surface area contributed by atoms with E-state index in [2.05, 4.69) is 0 Å². The van der Waals surface area contributed by atoms with Gasteiger partial charge in [0.1, 0.15) is 17.6 Å². The van der Waals surface area contributed by atoms with Crippen LogP contribution in [0.5, 0.6) is 0 Å². The highest BCUT2D eigenvalue weighted by Crippen LogP contribution is 2.27. The van der Waals surface area contributed by atoms with Crippen LogP contribution in [-0.4, -0.2) is 5.97 Å². The van der Waals surface area contributed by atoms with Crippen LogP contribution in [0, 0.1) is 0 Å². The van der Waals surface area contributed by atoms with Crippen molar-refractivity contribution in [3.05, 3.63) is 93.9 Å². The first-order chi connectivity index (χ1) is 11.7. The Morgan fingerprint density at radius 2 is 1.62 bits per heavy atom. The SMILES string of the molecule is O=C1OC(c2ccccc2)=C/C1=C\c1coc2ccccc2c1=O. The fraction of sp³-hybridized carbons (Fsp3) is 0. The number of ether oxygens (including phenoxy) is 1. The van der Waals surface area contributed by atoms with Gasteiger partial charge in [-0.2, -0.15) is 0 Å². The van der Waals surface area contributed by atoms with E-state index in [1.165, 1.54) is 12.3 Å². The van der Waals surface area contributed by atoms with E-state index in [1.54, 1.807) is 30.3 Å². The van der Waals surface area contributed by atoms with Gasteiger partial charge in [0.15, 0.2) is 5.43 Å². The van der Waals surface area contributed by atoms with Crippen molar-refractivity contribution in [2.24, 2.45) is 0 Å². The Kier molecular flexibility index (Phi) is 3.35. The van der Waals surface area contributed by atoms with E-state index in [-0.39, 0.29) is 5.43 Å². The summed E-state index contributed by atoms with van der Waals surface area (Å²) in [7, 11) is 0. The molecular formula is C20H12O4. The van der Waals surface area contributed by atoms with E-state index < -0.39 is 5.97 Å². The summed E-state index contributed by atoms with van der Waals surface area (Å²) in [6.07, 6.45) is 4.49. The number of hydrogen-bond acceptors (Lipinski definition) is 4. The number of carbonyl (C=O) groups excluding carboxylic acids is 1. The van der Waals surface area contributed by atoms with Crippen molar-refractivity contribution in [2.45, 2.75) is 0 Å². The molecule has 0 N–H and O–H groups in total. The molecule has 2 heterocycles. The first kappa shape index (κ1) is 14.2. The minimum Gasteiger partial charge on any atom is -0.463 e. The predicted molar refractivity (Wildman–Crippen MR) is 91.0 cm³/mol. The zero-order chi connectivity index (χ0) is 16.5. The molecule has 4 nitrogen and oxygen atoms in total. The van der Waals surface area contributed by atoms with Gasteiger partial charge >= 0.3 is 5.97 Å². The van der Waals surface area contributed by atoms with Crippen LogP contribution in [0.3, 0.4) is 0 Å². The van der Waals surface area contributed by atoms with E-state index >= 15 is 0 Å². The van der Waals surface area contributed by atoms with Gasteiger partial charge in [0.2, 0.25) is 0 Å². The van der Waals surface area contributed by atoms with Gasteiger partial charge < -0.3 is 9.15 Å². The average molecular weight is 316 g/mol. The van der Waals surface area contributed by atoms with Crippen LogP contribution in [0.2, 0.25) is 0 Å². The number of benzene rings is 2. The van der Waals surface area contributed by atoms with E-state index in [1.807, 2.05) is 30.3 Å². The van der Waals surface area contributed by atoms with Crippen LogP contribution in [0.15, 0.2) is 81.7 Å². The molecule has 0 aliphatic carbocycles. The maximum atomic E-state index is 12.5. The summed E-state index contributed by atoms with van der Waals surface area (Å²) in [5.41, 5.74) is 1.76. The lowest BCUT2D eigenvalue weighted by Gasteiger charge is -2.00. The summed E-state index contributed by atoms with van der Waals surface area (Å²) < 4.78 is 10.7. The normalized spacial score (nSPS) is 15.6. The highest BCUT2D eigenvalue weighted by molar-refractivity contribution is 6.05. The fourth-order valence-corrected chi connectivity index (χ4v) is 2.59. The van der Waals surface area contributed by atoms with Crippen molar-refractivity contribution in [3.8, 4) is 0 Å². The van der Waals surface area contributed by atoms with Gasteiger partial charge in [0, 0.05) is 5.56 Å². The van der Waals surface area contributed by atoms with Gasteiger partial charge in [-0.1, -0.05) is 42.5 Å². The first-order valence-corrected chi connectivity index (χ1v) is 7.44. The first-order valence-electron chi connectivity index (χ1n) is 7.44. The third kappa shape index (κ3) is 2.44. The van der Waals surface area contributed by atoms with E-state index in [4.69, 9.17) is 9.15 Å². The predicted octanol–water partition coefficient (Wildman–Crippen LogP) is 3.77. The van der Waals surface area contributed by atoms with Gasteiger partial charge in [0.25, 0.3) is 0 Å². The second-order valence-electron chi connectivity index (χ2n) is 5.38. The molecule has 0 fully saturated rings. The minimum absolute atomic E-state index is 0.182. The molecule has 0 radical (unpaired) electrons. The Balaban J connectivity index is 1.79. The molecule has 0 spiro atoms. The van der Waals surface area contributed by atoms with E-state index in [0.29, 0.717) is 27.9 Å². The number of carbonyl (C=O) groups is 1. The van der Waals surface area contributed by atoms with Gasteiger partial charge in [-0.15, -0.1) is 0 Å². The smallest absolute Gasteiger partial charge is 0.343 e. The van der Waals surface area contributed by atoms with Crippen LogP contribution < -0.4 is 5.43 Å².